The average molecular weight is 277 g/mol. The SMILES string of the molecule is Cc1cc(CNC(C)c2c(O)cccc2O)sc1C. The van der Waals surface area contributed by atoms with Crippen LogP contribution < -0.4 is 5.32 Å². The maximum atomic E-state index is 9.81. The predicted molar refractivity (Wildman–Crippen MR) is 78.8 cm³/mol. The van der Waals surface area contributed by atoms with Gasteiger partial charge in [0.1, 0.15) is 11.5 Å². The fraction of sp³-hybridized carbons (Fsp3) is 0.333. The van der Waals surface area contributed by atoms with Crippen molar-refractivity contribution in [1.29, 1.82) is 0 Å². The minimum Gasteiger partial charge on any atom is -0.507 e. The molecule has 1 heterocycles. The van der Waals surface area contributed by atoms with Gasteiger partial charge in [-0.1, -0.05) is 6.07 Å². The van der Waals surface area contributed by atoms with Gasteiger partial charge in [-0.3, -0.25) is 0 Å². The molecule has 0 aliphatic rings. The van der Waals surface area contributed by atoms with E-state index in [-0.39, 0.29) is 17.5 Å². The van der Waals surface area contributed by atoms with Crippen LogP contribution in [-0.4, -0.2) is 10.2 Å². The Hall–Kier alpha value is -1.52. The molecule has 1 unspecified atom stereocenters. The molecule has 0 bridgehead atoms. The topological polar surface area (TPSA) is 52.5 Å². The van der Waals surface area contributed by atoms with Gasteiger partial charge in [0.05, 0.1) is 5.56 Å². The Balaban J connectivity index is 2.07. The lowest BCUT2D eigenvalue weighted by Crippen LogP contribution is -2.17. The number of aromatic hydroxyl groups is 2. The van der Waals surface area contributed by atoms with Gasteiger partial charge in [-0.05, 0) is 44.5 Å². The molecule has 19 heavy (non-hydrogen) atoms. The Morgan fingerprint density at radius 1 is 1.21 bits per heavy atom. The summed E-state index contributed by atoms with van der Waals surface area (Å²) in [5.41, 5.74) is 1.85. The van der Waals surface area contributed by atoms with Gasteiger partial charge in [-0.2, -0.15) is 0 Å². The highest BCUT2D eigenvalue weighted by Crippen LogP contribution is 2.32. The summed E-state index contributed by atoms with van der Waals surface area (Å²) in [6.45, 7) is 6.88. The van der Waals surface area contributed by atoms with Crippen LogP contribution in [0, 0.1) is 13.8 Å². The van der Waals surface area contributed by atoms with Gasteiger partial charge >= 0.3 is 0 Å². The third-order valence-electron chi connectivity index (χ3n) is 3.29. The Morgan fingerprint density at radius 2 is 1.84 bits per heavy atom. The molecule has 1 atom stereocenters. The first-order valence-electron chi connectivity index (χ1n) is 6.29. The molecule has 2 aromatic rings. The zero-order valence-corrected chi connectivity index (χ0v) is 12.2. The van der Waals surface area contributed by atoms with Crippen LogP contribution in [0.2, 0.25) is 0 Å². The first-order chi connectivity index (χ1) is 8.99. The van der Waals surface area contributed by atoms with Crippen molar-refractivity contribution < 1.29 is 10.2 Å². The molecular formula is C15H19NO2S. The van der Waals surface area contributed by atoms with Crippen LogP contribution in [0.15, 0.2) is 24.3 Å². The van der Waals surface area contributed by atoms with E-state index in [1.54, 1.807) is 29.5 Å². The van der Waals surface area contributed by atoms with Gasteiger partial charge < -0.3 is 15.5 Å². The molecular weight excluding hydrogens is 258 g/mol. The molecule has 2 rings (SSSR count). The Morgan fingerprint density at radius 3 is 2.37 bits per heavy atom. The number of phenols is 2. The molecule has 4 heteroatoms. The van der Waals surface area contributed by atoms with Gasteiger partial charge in [0, 0.05) is 22.3 Å². The molecule has 0 radical (unpaired) electrons. The lowest BCUT2D eigenvalue weighted by atomic mass is 10.1. The van der Waals surface area contributed by atoms with Crippen LogP contribution in [0.5, 0.6) is 11.5 Å². The Kier molecular flexibility index (Phi) is 4.12. The summed E-state index contributed by atoms with van der Waals surface area (Å²) < 4.78 is 0. The quantitative estimate of drug-likeness (QED) is 0.800. The van der Waals surface area contributed by atoms with Crippen molar-refractivity contribution in [2.75, 3.05) is 0 Å². The third kappa shape index (κ3) is 3.08. The molecule has 0 saturated heterocycles. The molecule has 0 aliphatic heterocycles. The number of thiophene rings is 1. The van der Waals surface area contributed by atoms with Crippen LogP contribution in [0.3, 0.4) is 0 Å². The number of nitrogens with one attached hydrogen (secondary N) is 1. The number of hydrogen-bond donors (Lipinski definition) is 3. The molecule has 0 spiro atoms. The minimum atomic E-state index is -0.107. The Labute approximate surface area is 117 Å². The normalized spacial score (nSPS) is 12.6. The standard InChI is InChI=1S/C15H19NO2S/c1-9-7-12(19-11(9)3)8-16-10(2)15-13(17)5-4-6-14(15)18/h4-7,10,16-18H,8H2,1-3H3. The van der Waals surface area contributed by atoms with Crippen LogP contribution in [0.4, 0.5) is 0 Å². The predicted octanol–water partition coefficient (Wildman–Crippen LogP) is 3.63. The maximum Gasteiger partial charge on any atom is 0.124 e. The first kappa shape index (κ1) is 13.9. The molecule has 3 nitrogen and oxygen atoms in total. The number of hydrogen-bond acceptors (Lipinski definition) is 4. The zero-order chi connectivity index (χ0) is 14.0. The van der Waals surface area contributed by atoms with Crippen LogP contribution >= 0.6 is 11.3 Å². The van der Waals surface area contributed by atoms with Gasteiger partial charge in [0.25, 0.3) is 0 Å². The Bertz CT molecular complexity index is 538. The summed E-state index contributed by atoms with van der Waals surface area (Å²) in [6, 6.07) is 6.88. The van der Waals surface area contributed by atoms with E-state index in [1.807, 2.05) is 6.92 Å². The summed E-state index contributed by atoms with van der Waals surface area (Å²) in [6.07, 6.45) is 0. The van der Waals surface area contributed by atoms with Crippen molar-refractivity contribution in [2.24, 2.45) is 0 Å². The lowest BCUT2D eigenvalue weighted by molar-refractivity contribution is 0.418. The molecule has 1 aromatic carbocycles. The summed E-state index contributed by atoms with van der Waals surface area (Å²) in [5, 5.41) is 22.9. The highest BCUT2D eigenvalue weighted by Gasteiger charge is 2.14. The van der Waals surface area contributed by atoms with E-state index in [1.165, 1.54) is 15.3 Å². The van der Waals surface area contributed by atoms with Gasteiger partial charge in [-0.15, -0.1) is 11.3 Å². The molecule has 0 fully saturated rings. The van der Waals surface area contributed by atoms with Crippen molar-refractivity contribution in [2.45, 2.75) is 33.4 Å². The largest absolute Gasteiger partial charge is 0.507 e. The van der Waals surface area contributed by atoms with Gasteiger partial charge in [0.15, 0.2) is 0 Å². The van der Waals surface area contributed by atoms with Gasteiger partial charge in [-0.25, -0.2) is 0 Å². The fourth-order valence-electron chi connectivity index (χ4n) is 2.08. The average Bonchev–Trinajstić information content (AvgIpc) is 2.66. The number of rotatable bonds is 4. The second-order valence-corrected chi connectivity index (χ2v) is 6.11. The summed E-state index contributed by atoms with van der Waals surface area (Å²) in [4.78, 5) is 2.59. The molecule has 0 amide bonds. The smallest absolute Gasteiger partial charge is 0.124 e. The molecule has 0 aliphatic carbocycles. The molecule has 102 valence electrons. The third-order valence-corrected chi connectivity index (χ3v) is 4.45. The van der Waals surface area contributed by atoms with Crippen LogP contribution in [0.25, 0.3) is 0 Å². The van der Waals surface area contributed by atoms with E-state index in [0.29, 0.717) is 5.56 Å². The van der Waals surface area contributed by atoms with E-state index in [4.69, 9.17) is 0 Å². The van der Waals surface area contributed by atoms with Crippen molar-refractivity contribution in [3.8, 4) is 11.5 Å². The number of benzene rings is 1. The van der Waals surface area contributed by atoms with E-state index in [9.17, 15) is 10.2 Å². The van der Waals surface area contributed by atoms with Crippen molar-refractivity contribution in [1.82, 2.24) is 5.32 Å². The van der Waals surface area contributed by atoms with E-state index in [2.05, 4.69) is 25.2 Å². The van der Waals surface area contributed by atoms with Crippen molar-refractivity contribution in [3.05, 3.63) is 45.1 Å². The van der Waals surface area contributed by atoms with E-state index < -0.39 is 0 Å². The van der Waals surface area contributed by atoms with Gasteiger partial charge in [0.2, 0.25) is 0 Å². The second kappa shape index (κ2) is 5.63. The highest BCUT2D eigenvalue weighted by molar-refractivity contribution is 7.12. The summed E-state index contributed by atoms with van der Waals surface area (Å²) in [7, 11) is 0. The lowest BCUT2D eigenvalue weighted by Gasteiger charge is -2.16. The van der Waals surface area contributed by atoms with E-state index in [0.717, 1.165) is 6.54 Å². The fourth-order valence-corrected chi connectivity index (χ4v) is 3.08. The summed E-state index contributed by atoms with van der Waals surface area (Å²) >= 11 is 1.77. The molecule has 0 saturated carbocycles. The molecule has 3 N–H and O–H groups in total. The second-order valence-electron chi connectivity index (χ2n) is 4.76. The maximum absolute atomic E-state index is 9.81. The number of phenolic OH excluding ortho intramolecular Hbond substituents is 2. The van der Waals surface area contributed by atoms with Crippen LogP contribution in [0.1, 0.15) is 33.8 Å². The number of aryl methyl sites for hydroxylation is 2. The summed E-state index contributed by atoms with van der Waals surface area (Å²) in [5.74, 6) is 0.247. The van der Waals surface area contributed by atoms with Crippen molar-refractivity contribution in [3.63, 3.8) is 0 Å². The monoisotopic (exact) mass is 277 g/mol. The first-order valence-corrected chi connectivity index (χ1v) is 7.11. The minimum absolute atomic E-state index is 0.107. The molecule has 1 aromatic heterocycles. The zero-order valence-electron chi connectivity index (χ0n) is 11.4. The van der Waals surface area contributed by atoms with Crippen molar-refractivity contribution >= 4 is 11.3 Å². The van der Waals surface area contributed by atoms with Crippen LogP contribution in [-0.2, 0) is 6.54 Å². The highest BCUT2D eigenvalue weighted by atomic mass is 32.1. The van der Waals surface area contributed by atoms with E-state index >= 15 is 0 Å².